The number of amides is 6. The summed E-state index contributed by atoms with van der Waals surface area (Å²) in [6.45, 7) is 4.07. The highest BCUT2D eigenvalue weighted by atomic mass is 79.9. The number of halogens is 3. The number of nitrogens with zero attached hydrogens (tertiary/aromatic N) is 5. The van der Waals surface area contributed by atoms with E-state index in [1.165, 1.54) is 0 Å². The molecule has 0 radical (unpaired) electrons. The van der Waals surface area contributed by atoms with Crippen molar-refractivity contribution in [2.24, 2.45) is 5.73 Å². The van der Waals surface area contributed by atoms with Crippen LogP contribution in [0.5, 0.6) is 5.75 Å². The van der Waals surface area contributed by atoms with Gasteiger partial charge in [0.2, 0.25) is 11.8 Å². The number of phenolic OH excluding ortho intramolecular Hbond substituents is 1. The smallest absolute Gasteiger partial charge is 0.322 e. The molecule has 6 rings (SSSR count). The molecule has 17 heteroatoms. The average molecular weight is 906 g/mol. The summed E-state index contributed by atoms with van der Waals surface area (Å²) in [5.41, 5.74) is 9.38. The molecule has 0 aliphatic carbocycles. The molecular weight excluding hydrogens is 858 g/mol. The molecule has 0 saturated carbocycles. The number of aromatic hydroxyl groups is 1. The van der Waals surface area contributed by atoms with Crippen LogP contribution in [0.15, 0.2) is 69.9 Å². The number of aromatic nitrogens is 1. The van der Waals surface area contributed by atoms with Crippen LogP contribution in [0.3, 0.4) is 0 Å². The predicted octanol–water partition coefficient (Wildman–Crippen LogP) is 4.83. The first-order valence-electron chi connectivity index (χ1n) is 18.4. The van der Waals surface area contributed by atoms with Crippen molar-refractivity contribution in [2.45, 2.75) is 63.2 Å². The van der Waals surface area contributed by atoms with Gasteiger partial charge in [0.25, 0.3) is 0 Å². The lowest BCUT2D eigenvalue weighted by Gasteiger charge is -2.40. The highest BCUT2D eigenvalue weighted by Gasteiger charge is 2.35. The lowest BCUT2D eigenvalue weighted by atomic mass is 10.0. The van der Waals surface area contributed by atoms with Crippen LogP contribution in [0.25, 0.3) is 0 Å². The molecule has 6 N–H and O–H groups in total. The molecule has 2 fully saturated rings. The number of pyridine rings is 1. The predicted molar refractivity (Wildman–Crippen MR) is 220 cm³/mol. The van der Waals surface area contributed by atoms with Crippen molar-refractivity contribution in [2.75, 3.05) is 56.0 Å². The molecule has 296 valence electrons. The van der Waals surface area contributed by atoms with Gasteiger partial charge in [-0.2, -0.15) is 0 Å². The molecule has 3 aliphatic heterocycles. The van der Waals surface area contributed by atoms with Gasteiger partial charge in [0.1, 0.15) is 17.8 Å². The zero-order chi connectivity index (χ0) is 38.2. The third-order valence-corrected chi connectivity index (χ3v) is 11.6. The number of nitrogens with two attached hydrogens (primary N) is 1. The lowest BCUT2D eigenvalue weighted by molar-refractivity contribution is -0.137. The second-order valence-electron chi connectivity index (χ2n) is 13.9. The number of hydrogen-bond acceptors (Lipinski definition) is 8. The molecule has 0 spiro atoms. The molecule has 3 aliphatic rings. The maximum Gasteiger partial charge on any atom is 0.322 e. The number of piperazine rings is 1. The SMILES string of the molecule is Cl.NCCCCC(NC(=O)C(Cc1cc(Br)c(O)c(Br)c1)NC(=O)N1CCC(N2Cc3ccccc3NC2=O)CC1)C(=O)N1CCN(c2ccncc2)CC1. The first-order chi connectivity index (χ1) is 26.1. The Bertz CT molecular complexity index is 1790. The van der Waals surface area contributed by atoms with Gasteiger partial charge in [0.05, 0.1) is 8.95 Å². The number of carbonyl (C=O) groups excluding carboxylic acids is 4. The maximum atomic E-state index is 14.2. The molecule has 2 unspecified atom stereocenters. The van der Waals surface area contributed by atoms with E-state index in [1.807, 2.05) is 41.3 Å². The monoisotopic (exact) mass is 903 g/mol. The number of hydrogen-bond donors (Lipinski definition) is 5. The normalized spacial score (nSPS) is 17.0. The molecule has 3 aromatic rings. The fraction of sp³-hybridized carbons (Fsp3) is 0.447. The summed E-state index contributed by atoms with van der Waals surface area (Å²) >= 11 is 6.74. The van der Waals surface area contributed by atoms with Crippen LogP contribution >= 0.6 is 44.3 Å². The Morgan fingerprint density at radius 3 is 2.25 bits per heavy atom. The quantitative estimate of drug-likeness (QED) is 0.161. The summed E-state index contributed by atoms with van der Waals surface area (Å²) in [6, 6.07) is 12.6. The van der Waals surface area contributed by atoms with Crippen molar-refractivity contribution in [1.82, 2.24) is 30.3 Å². The van der Waals surface area contributed by atoms with E-state index in [1.54, 1.807) is 34.3 Å². The van der Waals surface area contributed by atoms with Crippen LogP contribution in [0, 0.1) is 0 Å². The third kappa shape index (κ3) is 10.6. The van der Waals surface area contributed by atoms with Crippen molar-refractivity contribution < 1.29 is 24.3 Å². The van der Waals surface area contributed by atoms with Gasteiger partial charge in [-0.05, 0) is 112 Å². The number of piperidine rings is 1. The Labute approximate surface area is 344 Å². The van der Waals surface area contributed by atoms with Crippen LogP contribution < -0.4 is 26.6 Å². The number of rotatable bonds is 12. The fourth-order valence-electron chi connectivity index (χ4n) is 7.30. The fourth-order valence-corrected chi connectivity index (χ4v) is 8.58. The van der Waals surface area contributed by atoms with Gasteiger partial charge in [-0.3, -0.25) is 14.6 Å². The van der Waals surface area contributed by atoms with E-state index in [0.717, 1.165) is 16.9 Å². The summed E-state index contributed by atoms with van der Waals surface area (Å²) < 4.78 is 0.870. The summed E-state index contributed by atoms with van der Waals surface area (Å²) in [6.07, 6.45) is 6.53. The Balaban J connectivity index is 0.00000580. The maximum absolute atomic E-state index is 14.2. The van der Waals surface area contributed by atoms with E-state index in [4.69, 9.17) is 5.73 Å². The number of carbonyl (C=O) groups is 4. The second-order valence-corrected chi connectivity index (χ2v) is 15.6. The van der Waals surface area contributed by atoms with Crippen molar-refractivity contribution in [3.05, 3.63) is 81.0 Å². The second kappa shape index (κ2) is 19.6. The van der Waals surface area contributed by atoms with Crippen molar-refractivity contribution >= 4 is 79.5 Å². The van der Waals surface area contributed by atoms with Gasteiger partial charge in [0.15, 0.2) is 0 Å². The highest BCUT2D eigenvalue weighted by Crippen LogP contribution is 2.34. The minimum atomic E-state index is -1.03. The number of phenols is 1. The number of unbranched alkanes of at least 4 members (excludes halogenated alkanes) is 1. The van der Waals surface area contributed by atoms with Crippen LogP contribution in [0.1, 0.15) is 43.2 Å². The summed E-state index contributed by atoms with van der Waals surface area (Å²) in [7, 11) is 0. The minimum Gasteiger partial charge on any atom is -0.506 e. The first-order valence-corrected chi connectivity index (χ1v) is 20.0. The van der Waals surface area contributed by atoms with E-state index in [2.05, 4.69) is 57.7 Å². The standard InChI is InChI=1S/C38H47Br2N9O5.ClH/c39-29-21-25(22-30(40)34(29)50)23-33(45-37(53)48-15-10-28(11-16-48)49-24-26-5-1-2-6-31(26)44-38(49)54)35(51)43-32(7-3-4-12-41)36(52)47-19-17-46(18-20-47)27-8-13-42-14-9-27;/h1-2,5-6,8-9,13-14,21-22,28,32-33,50H,3-4,7,10-12,15-20,23-24,41H2,(H,43,51)(H,44,54)(H,45,53);1H. The first kappa shape index (κ1) is 42.0. The highest BCUT2D eigenvalue weighted by molar-refractivity contribution is 9.11. The Hall–Kier alpha value is -4.12. The van der Waals surface area contributed by atoms with Crippen molar-refractivity contribution in [3.8, 4) is 5.75 Å². The number of benzene rings is 2. The Kier molecular flexibility index (Phi) is 15.0. The molecule has 6 amide bonds. The van der Waals surface area contributed by atoms with E-state index in [0.29, 0.717) is 99.0 Å². The average Bonchev–Trinajstić information content (AvgIpc) is 3.19. The molecular formula is C38H48Br2ClN9O5. The van der Waals surface area contributed by atoms with Crippen LogP contribution in [0.2, 0.25) is 0 Å². The van der Waals surface area contributed by atoms with Gasteiger partial charge in [-0.25, -0.2) is 9.59 Å². The number of para-hydroxylation sites is 1. The van der Waals surface area contributed by atoms with Gasteiger partial charge < -0.3 is 46.4 Å². The molecule has 0 bridgehead atoms. The van der Waals surface area contributed by atoms with Crippen molar-refractivity contribution in [3.63, 3.8) is 0 Å². The molecule has 2 aromatic carbocycles. The topological polar surface area (TPSA) is 176 Å². The van der Waals surface area contributed by atoms with E-state index in [9.17, 15) is 24.3 Å². The molecule has 2 saturated heterocycles. The van der Waals surface area contributed by atoms with Crippen LogP contribution in [-0.2, 0) is 22.6 Å². The molecule has 55 heavy (non-hydrogen) atoms. The largest absolute Gasteiger partial charge is 0.506 e. The van der Waals surface area contributed by atoms with E-state index >= 15 is 0 Å². The lowest BCUT2D eigenvalue weighted by Crippen LogP contribution is -2.59. The molecule has 4 heterocycles. The zero-order valence-corrected chi connectivity index (χ0v) is 34.5. The summed E-state index contributed by atoms with van der Waals surface area (Å²) in [4.78, 5) is 66.5. The van der Waals surface area contributed by atoms with Crippen LogP contribution in [-0.4, -0.2) is 113 Å². The number of nitrogens with one attached hydrogen (secondary N) is 3. The van der Waals surface area contributed by atoms with Gasteiger partial charge in [-0.1, -0.05) is 18.2 Å². The summed E-state index contributed by atoms with van der Waals surface area (Å²) in [5.74, 6) is -0.628. The van der Waals surface area contributed by atoms with Gasteiger partial charge in [-0.15, -0.1) is 12.4 Å². The number of urea groups is 2. The van der Waals surface area contributed by atoms with Gasteiger partial charge >= 0.3 is 12.1 Å². The third-order valence-electron chi connectivity index (χ3n) is 10.4. The summed E-state index contributed by atoms with van der Waals surface area (Å²) in [5, 5.41) is 19.2. The minimum absolute atomic E-state index is 0. The van der Waals surface area contributed by atoms with Crippen LogP contribution in [0.4, 0.5) is 21.0 Å². The van der Waals surface area contributed by atoms with Crippen molar-refractivity contribution in [1.29, 1.82) is 0 Å². The number of likely N-dealkylation sites (tertiary alicyclic amines) is 1. The van der Waals surface area contributed by atoms with E-state index in [-0.39, 0.29) is 42.6 Å². The Morgan fingerprint density at radius 2 is 1.58 bits per heavy atom. The number of fused-ring (bicyclic) bond motifs is 1. The van der Waals surface area contributed by atoms with E-state index < -0.39 is 24.0 Å². The number of anilines is 2. The van der Waals surface area contributed by atoms with Gasteiger partial charge in [0, 0.05) is 82.0 Å². The molecule has 14 nitrogen and oxygen atoms in total. The Morgan fingerprint density at radius 1 is 0.909 bits per heavy atom. The molecule has 1 aromatic heterocycles. The molecule has 2 atom stereocenters. The zero-order valence-electron chi connectivity index (χ0n) is 30.5.